The van der Waals surface area contributed by atoms with E-state index in [4.69, 9.17) is 0 Å². The highest BCUT2D eigenvalue weighted by molar-refractivity contribution is 5.81. The van der Waals surface area contributed by atoms with Crippen molar-refractivity contribution < 1.29 is 9.90 Å². The summed E-state index contributed by atoms with van der Waals surface area (Å²) in [7, 11) is 1.98. The lowest BCUT2D eigenvalue weighted by Crippen LogP contribution is -2.49. The van der Waals surface area contributed by atoms with Crippen LogP contribution in [0.25, 0.3) is 0 Å². The number of aliphatic hydroxyl groups is 1. The van der Waals surface area contributed by atoms with Gasteiger partial charge in [0, 0.05) is 12.6 Å². The molecule has 1 saturated carbocycles. The van der Waals surface area contributed by atoms with Crippen LogP contribution in [0.4, 0.5) is 0 Å². The van der Waals surface area contributed by atoms with Gasteiger partial charge in [0.15, 0.2) is 0 Å². The van der Waals surface area contributed by atoms with Crippen molar-refractivity contribution in [3.05, 3.63) is 0 Å². The van der Waals surface area contributed by atoms with Gasteiger partial charge >= 0.3 is 0 Å². The highest BCUT2D eigenvalue weighted by atomic mass is 16.3. The van der Waals surface area contributed by atoms with Gasteiger partial charge in [-0.15, -0.1) is 0 Å². The lowest BCUT2D eigenvalue weighted by molar-refractivity contribution is -0.126. The number of rotatable bonds is 7. The van der Waals surface area contributed by atoms with Crippen molar-refractivity contribution in [2.45, 2.75) is 77.5 Å². The highest BCUT2D eigenvalue weighted by Gasteiger charge is 2.27. The molecular weight excluding hydrogens is 252 g/mol. The second kappa shape index (κ2) is 8.63. The SMILES string of the molecule is CCC(CC)NC(=O)C(C)N(C)CC1CCCCC1O. The molecule has 3 atom stereocenters. The molecule has 4 nitrogen and oxygen atoms in total. The van der Waals surface area contributed by atoms with Crippen molar-refractivity contribution in [2.24, 2.45) is 5.92 Å². The molecule has 1 amide bonds. The third kappa shape index (κ3) is 5.06. The van der Waals surface area contributed by atoms with Crippen LogP contribution >= 0.6 is 0 Å². The van der Waals surface area contributed by atoms with Crippen LogP contribution in [-0.2, 0) is 4.79 Å². The number of likely N-dealkylation sites (N-methyl/N-ethyl adjacent to an activating group) is 1. The van der Waals surface area contributed by atoms with Crippen molar-refractivity contribution in [1.82, 2.24) is 10.2 Å². The summed E-state index contributed by atoms with van der Waals surface area (Å²) in [5.74, 6) is 0.420. The summed E-state index contributed by atoms with van der Waals surface area (Å²) < 4.78 is 0. The van der Waals surface area contributed by atoms with E-state index in [1.54, 1.807) is 0 Å². The molecule has 1 aliphatic rings. The Bertz CT molecular complexity index is 292. The average Bonchev–Trinajstić information content (AvgIpc) is 2.45. The first-order valence-corrected chi connectivity index (χ1v) is 8.18. The molecule has 0 aromatic heterocycles. The van der Waals surface area contributed by atoms with E-state index in [0.29, 0.717) is 5.92 Å². The maximum atomic E-state index is 12.2. The molecule has 0 saturated heterocycles. The van der Waals surface area contributed by atoms with Crippen molar-refractivity contribution in [1.29, 1.82) is 0 Å². The molecule has 2 N–H and O–H groups in total. The minimum Gasteiger partial charge on any atom is -0.393 e. The molecule has 0 spiro atoms. The monoisotopic (exact) mass is 284 g/mol. The van der Waals surface area contributed by atoms with Gasteiger partial charge in [-0.1, -0.05) is 26.7 Å². The van der Waals surface area contributed by atoms with Gasteiger partial charge in [-0.2, -0.15) is 0 Å². The summed E-state index contributed by atoms with van der Waals surface area (Å²) in [4.78, 5) is 14.3. The fourth-order valence-electron chi connectivity index (χ4n) is 2.94. The molecule has 0 aliphatic heterocycles. The molecule has 0 aromatic carbocycles. The summed E-state index contributed by atoms with van der Waals surface area (Å²) >= 11 is 0. The quantitative estimate of drug-likeness (QED) is 0.753. The molecule has 1 fully saturated rings. The number of hydrogen-bond donors (Lipinski definition) is 2. The Morgan fingerprint density at radius 1 is 1.30 bits per heavy atom. The molecule has 1 rings (SSSR count). The summed E-state index contributed by atoms with van der Waals surface area (Å²) in [6, 6.07) is 0.142. The maximum Gasteiger partial charge on any atom is 0.237 e. The number of nitrogens with zero attached hydrogens (tertiary/aromatic N) is 1. The first-order chi connectivity index (χ1) is 9.49. The number of aliphatic hydroxyl groups excluding tert-OH is 1. The Balaban J connectivity index is 2.44. The third-order valence-corrected chi connectivity index (χ3v) is 4.76. The van der Waals surface area contributed by atoms with Crippen LogP contribution in [0.3, 0.4) is 0 Å². The van der Waals surface area contributed by atoms with Crippen molar-refractivity contribution in [3.8, 4) is 0 Å². The predicted molar refractivity (Wildman–Crippen MR) is 82.6 cm³/mol. The predicted octanol–water partition coefficient (Wildman–Crippen LogP) is 2.16. The van der Waals surface area contributed by atoms with Gasteiger partial charge in [0.1, 0.15) is 0 Å². The topological polar surface area (TPSA) is 52.6 Å². The van der Waals surface area contributed by atoms with Gasteiger partial charge in [0.25, 0.3) is 0 Å². The second-order valence-electron chi connectivity index (χ2n) is 6.25. The Labute approximate surface area is 123 Å². The van der Waals surface area contributed by atoms with E-state index in [9.17, 15) is 9.90 Å². The van der Waals surface area contributed by atoms with E-state index in [-0.39, 0.29) is 24.1 Å². The van der Waals surface area contributed by atoms with Crippen LogP contribution in [0.1, 0.15) is 59.3 Å². The molecule has 20 heavy (non-hydrogen) atoms. The van der Waals surface area contributed by atoms with Gasteiger partial charge in [-0.3, -0.25) is 9.69 Å². The molecule has 0 aromatic rings. The highest BCUT2D eigenvalue weighted by Crippen LogP contribution is 2.25. The zero-order chi connectivity index (χ0) is 15.1. The standard InChI is InChI=1S/C16H32N2O2/c1-5-14(6-2)17-16(20)12(3)18(4)11-13-9-7-8-10-15(13)19/h12-15,19H,5-11H2,1-4H3,(H,17,20). The third-order valence-electron chi connectivity index (χ3n) is 4.76. The largest absolute Gasteiger partial charge is 0.393 e. The van der Waals surface area contributed by atoms with Crippen LogP contribution in [-0.4, -0.2) is 47.7 Å². The molecule has 0 radical (unpaired) electrons. The van der Waals surface area contributed by atoms with E-state index in [2.05, 4.69) is 24.1 Å². The zero-order valence-electron chi connectivity index (χ0n) is 13.6. The fourth-order valence-corrected chi connectivity index (χ4v) is 2.94. The number of carbonyl (C=O) groups excluding carboxylic acids is 1. The smallest absolute Gasteiger partial charge is 0.237 e. The lowest BCUT2D eigenvalue weighted by Gasteiger charge is -2.33. The van der Waals surface area contributed by atoms with Gasteiger partial charge in [-0.25, -0.2) is 0 Å². The van der Waals surface area contributed by atoms with Crippen LogP contribution in [0.5, 0.6) is 0 Å². The molecular formula is C16H32N2O2. The van der Waals surface area contributed by atoms with E-state index in [1.165, 1.54) is 6.42 Å². The number of hydrogen-bond acceptors (Lipinski definition) is 3. The zero-order valence-corrected chi connectivity index (χ0v) is 13.6. The Kier molecular flexibility index (Phi) is 7.52. The maximum absolute atomic E-state index is 12.2. The normalized spacial score (nSPS) is 24.9. The average molecular weight is 284 g/mol. The van der Waals surface area contributed by atoms with Crippen molar-refractivity contribution >= 4 is 5.91 Å². The fraction of sp³-hybridized carbons (Fsp3) is 0.938. The molecule has 118 valence electrons. The van der Waals surface area contributed by atoms with Crippen LogP contribution in [0.15, 0.2) is 0 Å². The number of amides is 1. The van der Waals surface area contributed by atoms with Crippen LogP contribution in [0.2, 0.25) is 0 Å². The van der Waals surface area contributed by atoms with Gasteiger partial charge < -0.3 is 10.4 Å². The molecule has 0 heterocycles. The number of carbonyl (C=O) groups is 1. The molecule has 1 aliphatic carbocycles. The Morgan fingerprint density at radius 3 is 2.45 bits per heavy atom. The van der Waals surface area contributed by atoms with E-state index >= 15 is 0 Å². The first kappa shape index (κ1) is 17.4. The summed E-state index contributed by atoms with van der Waals surface area (Å²) in [5, 5.41) is 13.1. The van der Waals surface area contributed by atoms with E-state index in [0.717, 1.165) is 38.6 Å². The first-order valence-electron chi connectivity index (χ1n) is 8.18. The second-order valence-corrected chi connectivity index (χ2v) is 6.25. The minimum absolute atomic E-state index is 0.103. The molecule has 3 unspecified atom stereocenters. The van der Waals surface area contributed by atoms with Crippen molar-refractivity contribution in [3.63, 3.8) is 0 Å². The summed E-state index contributed by atoms with van der Waals surface area (Å²) in [6.45, 7) is 6.95. The van der Waals surface area contributed by atoms with Gasteiger partial charge in [0.05, 0.1) is 12.1 Å². The van der Waals surface area contributed by atoms with Crippen LogP contribution < -0.4 is 5.32 Å². The van der Waals surface area contributed by atoms with Crippen molar-refractivity contribution in [2.75, 3.05) is 13.6 Å². The van der Waals surface area contributed by atoms with E-state index < -0.39 is 0 Å². The Morgan fingerprint density at radius 2 is 1.90 bits per heavy atom. The minimum atomic E-state index is -0.194. The number of nitrogens with one attached hydrogen (secondary N) is 1. The van der Waals surface area contributed by atoms with E-state index in [1.807, 2.05) is 14.0 Å². The lowest BCUT2D eigenvalue weighted by atomic mass is 9.86. The summed E-state index contributed by atoms with van der Waals surface area (Å²) in [5.41, 5.74) is 0. The van der Waals surface area contributed by atoms with Gasteiger partial charge in [-0.05, 0) is 45.6 Å². The van der Waals surface area contributed by atoms with Crippen LogP contribution in [0, 0.1) is 5.92 Å². The summed E-state index contributed by atoms with van der Waals surface area (Å²) in [6.07, 6.45) is 6.07. The molecule has 4 heteroatoms. The Hall–Kier alpha value is -0.610. The molecule has 0 bridgehead atoms. The van der Waals surface area contributed by atoms with Gasteiger partial charge in [0.2, 0.25) is 5.91 Å².